The van der Waals surface area contributed by atoms with Gasteiger partial charge in [0.2, 0.25) is 0 Å². The molecule has 1 atom stereocenters. The van der Waals surface area contributed by atoms with Crippen LogP contribution in [-0.2, 0) is 6.61 Å². The molecule has 0 amide bonds. The van der Waals surface area contributed by atoms with Gasteiger partial charge in [0.1, 0.15) is 12.4 Å². The summed E-state index contributed by atoms with van der Waals surface area (Å²) in [5.74, 6) is 0.701. The zero-order valence-electron chi connectivity index (χ0n) is 10.4. The van der Waals surface area contributed by atoms with Crippen molar-refractivity contribution in [1.82, 2.24) is 0 Å². The van der Waals surface area contributed by atoms with Crippen molar-refractivity contribution in [3.63, 3.8) is 0 Å². The maximum atomic E-state index is 9.74. The Morgan fingerprint density at radius 2 is 1.89 bits per heavy atom. The third-order valence-electron chi connectivity index (χ3n) is 2.81. The normalized spacial score (nSPS) is 12.1. The van der Waals surface area contributed by atoms with Crippen molar-refractivity contribution < 1.29 is 9.84 Å². The first kappa shape index (κ1) is 13.9. The van der Waals surface area contributed by atoms with Crippen molar-refractivity contribution in [2.75, 3.05) is 11.1 Å². The molecule has 3 N–H and O–H groups in total. The van der Waals surface area contributed by atoms with E-state index in [1.165, 1.54) is 0 Å². The minimum atomic E-state index is -0.594. The third-order valence-corrected chi connectivity index (χ3v) is 3.43. The fourth-order valence-electron chi connectivity index (χ4n) is 1.77. The van der Waals surface area contributed by atoms with E-state index in [0.717, 1.165) is 5.56 Å². The zero-order valence-corrected chi connectivity index (χ0v) is 12.0. The lowest BCUT2D eigenvalue weighted by molar-refractivity contribution is 0.206. The highest BCUT2D eigenvalue weighted by molar-refractivity contribution is 9.09. The molecule has 0 radical (unpaired) electrons. The van der Waals surface area contributed by atoms with Gasteiger partial charge in [-0.3, -0.25) is 0 Å². The van der Waals surface area contributed by atoms with Crippen molar-refractivity contribution >= 4 is 21.6 Å². The van der Waals surface area contributed by atoms with Gasteiger partial charge in [-0.2, -0.15) is 0 Å². The fourth-order valence-corrected chi connectivity index (χ4v) is 2.12. The number of alkyl halides is 1. The number of nitrogen functional groups attached to an aromatic ring is 1. The average molecular weight is 322 g/mol. The Balaban J connectivity index is 2.04. The molecule has 2 rings (SSSR count). The lowest BCUT2D eigenvalue weighted by Crippen LogP contribution is -2.04. The number of hydrogen-bond acceptors (Lipinski definition) is 3. The van der Waals surface area contributed by atoms with E-state index in [-0.39, 0.29) is 0 Å². The molecule has 19 heavy (non-hydrogen) atoms. The SMILES string of the molecule is Nc1cc(OCc2ccccc2)ccc1C(O)CBr. The minimum Gasteiger partial charge on any atom is -0.489 e. The number of rotatable bonds is 5. The molecule has 1 unspecified atom stereocenters. The van der Waals surface area contributed by atoms with Gasteiger partial charge in [-0.05, 0) is 11.6 Å². The molecule has 0 aliphatic heterocycles. The van der Waals surface area contributed by atoms with E-state index in [4.69, 9.17) is 10.5 Å². The molecular weight excluding hydrogens is 306 g/mol. The van der Waals surface area contributed by atoms with Gasteiger partial charge < -0.3 is 15.6 Å². The van der Waals surface area contributed by atoms with E-state index in [1.54, 1.807) is 12.1 Å². The highest BCUT2D eigenvalue weighted by Crippen LogP contribution is 2.26. The van der Waals surface area contributed by atoms with Crippen LogP contribution in [0.4, 0.5) is 5.69 Å². The van der Waals surface area contributed by atoms with Gasteiger partial charge in [0.05, 0.1) is 6.10 Å². The summed E-state index contributed by atoms with van der Waals surface area (Å²) in [4.78, 5) is 0. The van der Waals surface area contributed by atoms with Crippen LogP contribution in [-0.4, -0.2) is 10.4 Å². The van der Waals surface area contributed by atoms with Crippen LogP contribution in [0.3, 0.4) is 0 Å². The Bertz CT molecular complexity index is 531. The van der Waals surface area contributed by atoms with Crippen LogP contribution < -0.4 is 10.5 Å². The van der Waals surface area contributed by atoms with Gasteiger partial charge in [0, 0.05) is 22.6 Å². The second-order valence-corrected chi connectivity index (χ2v) is 4.88. The first-order valence-corrected chi connectivity index (χ1v) is 7.13. The molecule has 2 aromatic rings. The van der Waals surface area contributed by atoms with E-state index in [9.17, 15) is 5.11 Å². The van der Waals surface area contributed by atoms with Crippen LogP contribution in [0.2, 0.25) is 0 Å². The molecule has 0 aliphatic carbocycles. The monoisotopic (exact) mass is 321 g/mol. The van der Waals surface area contributed by atoms with Crippen LogP contribution >= 0.6 is 15.9 Å². The first-order valence-electron chi connectivity index (χ1n) is 6.01. The van der Waals surface area contributed by atoms with Crippen LogP contribution in [0.15, 0.2) is 48.5 Å². The van der Waals surface area contributed by atoms with Crippen molar-refractivity contribution in [2.24, 2.45) is 0 Å². The maximum absolute atomic E-state index is 9.74. The number of hydrogen-bond donors (Lipinski definition) is 2. The van der Waals surface area contributed by atoms with Crippen molar-refractivity contribution in [3.8, 4) is 5.75 Å². The van der Waals surface area contributed by atoms with Crippen LogP contribution in [0.25, 0.3) is 0 Å². The lowest BCUT2D eigenvalue weighted by Gasteiger charge is -2.13. The van der Waals surface area contributed by atoms with Gasteiger partial charge in [-0.15, -0.1) is 0 Å². The quantitative estimate of drug-likeness (QED) is 0.656. The molecule has 0 aliphatic rings. The summed E-state index contributed by atoms with van der Waals surface area (Å²) in [6.07, 6.45) is -0.594. The van der Waals surface area contributed by atoms with Gasteiger partial charge in [0.15, 0.2) is 0 Å². The minimum absolute atomic E-state index is 0.460. The smallest absolute Gasteiger partial charge is 0.121 e. The van der Waals surface area contributed by atoms with Gasteiger partial charge in [-0.25, -0.2) is 0 Å². The van der Waals surface area contributed by atoms with Crippen molar-refractivity contribution in [1.29, 1.82) is 0 Å². The summed E-state index contributed by atoms with van der Waals surface area (Å²) in [5.41, 5.74) is 8.26. The topological polar surface area (TPSA) is 55.5 Å². The second kappa shape index (κ2) is 6.59. The van der Waals surface area contributed by atoms with E-state index < -0.39 is 6.10 Å². The van der Waals surface area contributed by atoms with Gasteiger partial charge in [0.25, 0.3) is 0 Å². The van der Waals surface area contributed by atoms with Crippen LogP contribution in [0.1, 0.15) is 17.2 Å². The van der Waals surface area contributed by atoms with Crippen LogP contribution in [0, 0.1) is 0 Å². The highest BCUT2D eigenvalue weighted by Gasteiger charge is 2.10. The molecule has 0 aromatic heterocycles. The molecule has 2 aromatic carbocycles. The zero-order chi connectivity index (χ0) is 13.7. The molecule has 0 spiro atoms. The van der Waals surface area contributed by atoms with E-state index in [2.05, 4.69) is 15.9 Å². The Kier molecular flexibility index (Phi) is 4.82. The predicted octanol–water partition coefficient (Wildman–Crippen LogP) is 3.28. The maximum Gasteiger partial charge on any atom is 0.121 e. The molecule has 4 heteroatoms. The summed E-state index contributed by atoms with van der Waals surface area (Å²) in [7, 11) is 0. The summed E-state index contributed by atoms with van der Waals surface area (Å²) >= 11 is 3.23. The standard InChI is InChI=1S/C15H16BrNO2/c16-9-15(18)13-7-6-12(8-14(13)17)19-10-11-4-2-1-3-5-11/h1-8,15,18H,9-10,17H2. The number of aliphatic hydroxyl groups excluding tert-OH is 1. The van der Waals surface area contributed by atoms with Gasteiger partial charge in [-0.1, -0.05) is 52.3 Å². The van der Waals surface area contributed by atoms with Crippen LogP contribution in [0.5, 0.6) is 5.75 Å². The summed E-state index contributed by atoms with van der Waals surface area (Å²) in [5, 5.41) is 10.2. The number of nitrogens with two attached hydrogens (primary N) is 1. The molecule has 0 bridgehead atoms. The molecule has 0 heterocycles. The molecule has 0 saturated carbocycles. The predicted molar refractivity (Wildman–Crippen MR) is 80.4 cm³/mol. The number of anilines is 1. The number of aliphatic hydroxyl groups is 1. The Morgan fingerprint density at radius 1 is 1.16 bits per heavy atom. The van der Waals surface area contributed by atoms with Crippen molar-refractivity contribution in [2.45, 2.75) is 12.7 Å². The number of benzene rings is 2. The van der Waals surface area contributed by atoms with E-state index in [1.807, 2.05) is 36.4 Å². The summed E-state index contributed by atoms with van der Waals surface area (Å²) in [6, 6.07) is 15.3. The molecule has 0 saturated heterocycles. The summed E-state index contributed by atoms with van der Waals surface area (Å²) < 4.78 is 5.67. The lowest BCUT2D eigenvalue weighted by atomic mass is 10.1. The highest BCUT2D eigenvalue weighted by atomic mass is 79.9. The third kappa shape index (κ3) is 3.72. The first-order chi connectivity index (χ1) is 9.20. The van der Waals surface area contributed by atoms with E-state index >= 15 is 0 Å². The second-order valence-electron chi connectivity index (χ2n) is 4.24. The largest absolute Gasteiger partial charge is 0.489 e. The molecule has 0 fully saturated rings. The Hall–Kier alpha value is -1.52. The van der Waals surface area contributed by atoms with Crippen molar-refractivity contribution in [3.05, 3.63) is 59.7 Å². The Labute approximate surface area is 121 Å². The molecular formula is C15H16BrNO2. The van der Waals surface area contributed by atoms with Gasteiger partial charge >= 0.3 is 0 Å². The number of ether oxygens (including phenoxy) is 1. The Morgan fingerprint density at radius 3 is 2.53 bits per heavy atom. The molecule has 100 valence electrons. The summed E-state index contributed by atoms with van der Waals surface area (Å²) in [6.45, 7) is 0.501. The van der Waals surface area contributed by atoms with E-state index in [0.29, 0.717) is 28.9 Å². The molecule has 3 nitrogen and oxygen atoms in total. The fraction of sp³-hybridized carbons (Fsp3) is 0.200. The number of halogens is 1. The average Bonchev–Trinajstić information content (AvgIpc) is 2.45.